The Balaban J connectivity index is 1.85. The lowest BCUT2D eigenvalue weighted by molar-refractivity contribution is 0.536. The summed E-state index contributed by atoms with van der Waals surface area (Å²) in [5.74, 6) is 0.642. The number of rotatable bonds is 0. The number of hydrogen-bond donors (Lipinski definition) is 1. The van der Waals surface area contributed by atoms with E-state index in [2.05, 4.69) is 63.7 Å². The molecule has 1 aliphatic heterocycles. The molecule has 0 saturated heterocycles. The molecule has 2 unspecified atom stereocenters. The van der Waals surface area contributed by atoms with Crippen molar-refractivity contribution in [3.63, 3.8) is 0 Å². The lowest BCUT2D eigenvalue weighted by Crippen LogP contribution is -2.19. The topological polar surface area (TPSA) is 12.0 Å². The monoisotopic (exact) mass is 299 g/mol. The standard InChI is InChI=1S/C16H14BrN/c17-11-7-5-10-6-8-13-12-3-1-2-4-15(12)18-16(13)14(10)9-11/h1-5,7,9,13,16,18H,6,8H2. The number of anilines is 1. The molecule has 2 aliphatic rings. The Kier molecular flexibility index (Phi) is 2.28. The third-order valence-electron chi connectivity index (χ3n) is 4.24. The van der Waals surface area contributed by atoms with Crippen molar-refractivity contribution in [2.24, 2.45) is 0 Å². The Hall–Kier alpha value is -1.28. The first-order valence-electron chi connectivity index (χ1n) is 6.47. The van der Waals surface area contributed by atoms with Gasteiger partial charge in [-0.05, 0) is 47.7 Å². The minimum absolute atomic E-state index is 0.462. The van der Waals surface area contributed by atoms with Crippen molar-refractivity contribution in [3.8, 4) is 0 Å². The highest BCUT2D eigenvalue weighted by molar-refractivity contribution is 9.10. The van der Waals surface area contributed by atoms with Crippen molar-refractivity contribution >= 4 is 21.6 Å². The van der Waals surface area contributed by atoms with Gasteiger partial charge in [0, 0.05) is 16.1 Å². The van der Waals surface area contributed by atoms with E-state index in [4.69, 9.17) is 0 Å². The Morgan fingerprint density at radius 2 is 1.94 bits per heavy atom. The molecule has 90 valence electrons. The zero-order chi connectivity index (χ0) is 12.1. The first kappa shape index (κ1) is 10.6. The zero-order valence-corrected chi connectivity index (χ0v) is 11.6. The molecule has 2 atom stereocenters. The van der Waals surface area contributed by atoms with Gasteiger partial charge < -0.3 is 5.32 Å². The van der Waals surface area contributed by atoms with Crippen LogP contribution in [-0.2, 0) is 6.42 Å². The van der Waals surface area contributed by atoms with Gasteiger partial charge in [-0.25, -0.2) is 0 Å². The van der Waals surface area contributed by atoms with Crippen LogP contribution >= 0.6 is 15.9 Å². The van der Waals surface area contributed by atoms with Crippen LogP contribution in [0.1, 0.15) is 35.1 Å². The molecule has 2 aromatic carbocycles. The number of nitrogens with one attached hydrogen (secondary N) is 1. The Labute approximate surface area is 115 Å². The second kappa shape index (κ2) is 3.86. The van der Waals surface area contributed by atoms with Crippen molar-refractivity contribution in [3.05, 3.63) is 63.6 Å². The first-order chi connectivity index (χ1) is 8.83. The fraction of sp³-hybridized carbons (Fsp3) is 0.250. The summed E-state index contributed by atoms with van der Waals surface area (Å²) < 4.78 is 1.18. The molecule has 0 saturated carbocycles. The maximum atomic E-state index is 3.70. The smallest absolute Gasteiger partial charge is 0.0586 e. The van der Waals surface area contributed by atoms with E-state index in [1.807, 2.05) is 0 Å². The molecule has 1 aliphatic carbocycles. The summed E-state index contributed by atoms with van der Waals surface area (Å²) in [4.78, 5) is 0. The molecule has 0 fully saturated rings. The van der Waals surface area contributed by atoms with Crippen molar-refractivity contribution in [2.75, 3.05) is 5.32 Å². The van der Waals surface area contributed by atoms with Gasteiger partial charge in [0.15, 0.2) is 0 Å². The van der Waals surface area contributed by atoms with Gasteiger partial charge in [0.1, 0.15) is 0 Å². The SMILES string of the molecule is Brc1ccc2c(c1)C1Nc3ccccc3C1CC2. The minimum atomic E-state index is 0.462. The third kappa shape index (κ3) is 1.45. The average molecular weight is 300 g/mol. The van der Waals surface area contributed by atoms with Crippen molar-refractivity contribution < 1.29 is 0 Å². The molecule has 1 N–H and O–H groups in total. The van der Waals surface area contributed by atoms with Crippen LogP contribution in [0.15, 0.2) is 46.9 Å². The molecule has 0 radical (unpaired) electrons. The highest BCUT2D eigenvalue weighted by Crippen LogP contribution is 2.50. The highest BCUT2D eigenvalue weighted by Gasteiger charge is 2.36. The number of aryl methyl sites for hydroxylation is 1. The molecule has 2 heteroatoms. The van der Waals surface area contributed by atoms with Gasteiger partial charge >= 0.3 is 0 Å². The van der Waals surface area contributed by atoms with Crippen LogP contribution in [0.25, 0.3) is 0 Å². The summed E-state index contributed by atoms with van der Waals surface area (Å²) in [6.45, 7) is 0. The van der Waals surface area contributed by atoms with Crippen LogP contribution in [0.2, 0.25) is 0 Å². The molecule has 1 nitrogen and oxygen atoms in total. The number of benzene rings is 2. The van der Waals surface area contributed by atoms with Crippen molar-refractivity contribution in [1.29, 1.82) is 0 Å². The second-order valence-electron chi connectivity index (χ2n) is 5.20. The predicted octanol–water partition coefficient (Wildman–Crippen LogP) is 4.65. The predicted molar refractivity (Wildman–Crippen MR) is 78.0 cm³/mol. The van der Waals surface area contributed by atoms with E-state index in [1.54, 1.807) is 0 Å². The lowest BCUT2D eigenvalue weighted by Gasteiger charge is -2.29. The molecule has 0 amide bonds. The van der Waals surface area contributed by atoms with Crippen LogP contribution in [0.4, 0.5) is 5.69 Å². The van der Waals surface area contributed by atoms with Gasteiger partial charge in [0.05, 0.1) is 6.04 Å². The molecule has 1 heterocycles. The van der Waals surface area contributed by atoms with E-state index in [1.165, 1.54) is 39.7 Å². The van der Waals surface area contributed by atoms with Gasteiger partial charge in [-0.1, -0.05) is 40.2 Å². The fourth-order valence-corrected chi connectivity index (χ4v) is 3.79. The van der Waals surface area contributed by atoms with Crippen molar-refractivity contribution in [2.45, 2.75) is 24.8 Å². The van der Waals surface area contributed by atoms with Gasteiger partial charge in [0.25, 0.3) is 0 Å². The molecule has 4 rings (SSSR count). The maximum absolute atomic E-state index is 3.70. The average Bonchev–Trinajstić information content (AvgIpc) is 2.78. The van der Waals surface area contributed by atoms with Crippen LogP contribution in [0, 0.1) is 0 Å². The van der Waals surface area contributed by atoms with Crippen LogP contribution in [0.3, 0.4) is 0 Å². The van der Waals surface area contributed by atoms with E-state index < -0.39 is 0 Å². The van der Waals surface area contributed by atoms with E-state index in [0.717, 1.165) is 0 Å². The fourth-order valence-electron chi connectivity index (χ4n) is 3.41. The Bertz CT molecular complexity index is 620. The summed E-state index contributed by atoms with van der Waals surface area (Å²) in [5, 5.41) is 3.70. The largest absolute Gasteiger partial charge is 0.377 e. The molecule has 0 bridgehead atoms. The summed E-state index contributed by atoms with van der Waals surface area (Å²) >= 11 is 3.59. The van der Waals surface area contributed by atoms with Gasteiger partial charge in [-0.15, -0.1) is 0 Å². The zero-order valence-electron chi connectivity index (χ0n) is 9.99. The minimum Gasteiger partial charge on any atom is -0.377 e. The molecule has 18 heavy (non-hydrogen) atoms. The lowest BCUT2D eigenvalue weighted by atomic mass is 9.79. The summed E-state index contributed by atoms with van der Waals surface area (Å²) in [6, 6.07) is 15.9. The number of halogens is 1. The van der Waals surface area contributed by atoms with E-state index in [0.29, 0.717) is 12.0 Å². The van der Waals surface area contributed by atoms with Crippen LogP contribution in [0.5, 0.6) is 0 Å². The molecular formula is C16H14BrN. The van der Waals surface area contributed by atoms with E-state index >= 15 is 0 Å². The van der Waals surface area contributed by atoms with Gasteiger partial charge in [-0.3, -0.25) is 0 Å². The summed E-state index contributed by atoms with van der Waals surface area (Å²) in [6.07, 6.45) is 2.45. The quantitative estimate of drug-likeness (QED) is 0.747. The molecule has 2 aromatic rings. The molecule has 0 aromatic heterocycles. The Morgan fingerprint density at radius 1 is 1.06 bits per heavy atom. The van der Waals surface area contributed by atoms with E-state index in [9.17, 15) is 0 Å². The number of fused-ring (bicyclic) bond motifs is 5. The van der Waals surface area contributed by atoms with E-state index in [-0.39, 0.29) is 0 Å². The molecular weight excluding hydrogens is 286 g/mol. The van der Waals surface area contributed by atoms with Crippen LogP contribution in [-0.4, -0.2) is 0 Å². The summed E-state index contributed by atoms with van der Waals surface area (Å²) in [7, 11) is 0. The van der Waals surface area contributed by atoms with Crippen molar-refractivity contribution in [1.82, 2.24) is 0 Å². The maximum Gasteiger partial charge on any atom is 0.0586 e. The normalized spacial score (nSPS) is 23.8. The highest BCUT2D eigenvalue weighted by atomic mass is 79.9. The van der Waals surface area contributed by atoms with Gasteiger partial charge in [0.2, 0.25) is 0 Å². The molecule has 0 spiro atoms. The summed E-state index contributed by atoms with van der Waals surface area (Å²) in [5.41, 5.74) is 5.78. The number of para-hydroxylation sites is 1. The Morgan fingerprint density at radius 3 is 2.89 bits per heavy atom. The second-order valence-corrected chi connectivity index (χ2v) is 6.11. The van der Waals surface area contributed by atoms with Gasteiger partial charge in [-0.2, -0.15) is 0 Å². The number of hydrogen-bond acceptors (Lipinski definition) is 1. The first-order valence-corrected chi connectivity index (χ1v) is 7.26. The third-order valence-corrected chi connectivity index (χ3v) is 4.73. The van der Waals surface area contributed by atoms with Crippen LogP contribution < -0.4 is 5.32 Å².